The van der Waals surface area contributed by atoms with Crippen LogP contribution in [-0.2, 0) is 16.2 Å². The van der Waals surface area contributed by atoms with Crippen LogP contribution in [0.15, 0.2) is 29.6 Å². The quantitative estimate of drug-likeness (QED) is 0.379. The molecule has 5 aliphatic carbocycles. The van der Waals surface area contributed by atoms with E-state index in [0.29, 0.717) is 5.41 Å². The third kappa shape index (κ3) is 3.46. The Labute approximate surface area is 222 Å². The van der Waals surface area contributed by atoms with E-state index in [0.717, 1.165) is 17.8 Å². The first-order valence-corrected chi connectivity index (χ1v) is 15.4. The van der Waals surface area contributed by atoms with Gasteiger partial charge in [0.15, 0.2) is 0 Å². The molecular formula is C34H43NS. The molecule has 4 saturated carbocycles. The van der Waals surface area contributed by atoms with Crippen molar-refractivity contribution in [3.8, 4) is 0 Å². The summed E-state index contributed by atoms with van der Waals surface area (Å²) >= 11 is 1.90. The molecule has 3 aromatic rings. The van der Waals surface area contributed by atoms with Gasteiger partial charge in [-0.25, -0.2) is 0 Å². The van der Waals surface area contributed by atoms with Crippen LogP contribution in [0.4, 0.5) is 11.4 Å². The Balaban J connectivity index is 1.25. The third-order valence-electron chi connectivity index (χ3n) is 11.0. The van der Waals surface area contributed by atoms with Gasteiger partial charge >= 0.3 is 0 Å². The standard InChI is InChI=1S/C34H43NS/c1-20-9-25(34-16-22-11-23(17-34)13-24(12-22)18-34)10-21(2)31(20)35-29-19-36-30-15-28-27(14-26(29)30)32(3,4)7-8-33(28,5)6/h9-10,14-15,19,22-24,35H,7-8,11-13,16-18H2,1-6H3. The number of rotatable bonds is 3. The Hall–Kier alpha value is -1.80. The molecule has 0 spiro atoms. The second-order valence-corrected chi connectivity index (χ2v) is 15.5. The van der Waals surface area contributed by atoms with Crippen LogP contribution >= 0.6 is 11.3 Å². The van der Waals surface area contributed by atoms with Gasteiger partial charge in [0.25, 0.3) is 0 Å². The van der Waals surface area contributed by atoms with Crippen LogP contribution in [0.25, 0.3) is 10.1 Å². The van der Waals surface area contributed by atoms with Gasteiger partial charge in [-0.15, -0.1) is 11.3 Å². The molecule has 1 N–H and O–H groups in total. The van der Waals surface area contributed by atoms with Crippen LogP contribution < -0.4 is 5.32 Å². The van der Waals surface area contributed by atoms with E-state index in [1.165, 1.54) is 84.0 Å². The molecule has 0 unspecified atom stereocenters. The maximum Gasteiger partial charge on any atom is 0.0573 e. The van der Waals surface area contributed by atoms with Crippen LogP contribution in [-0.4, -0.2) is 0 Å². The number of benzene rings is 2. The summed E-state index contributed by atoms with van der Waals surface area (Å²) < 4.78 is 1.42. The van der Waals surface area contributed by atoms with E-state index in [4.69, 9.17) is 0 Å². The van der Waals surface area contributed by atoms with Crippen LogP contribution in [0.5, 0.6) is 0 Å². The SMILES string of the molecule is Cc1cc(C23CC4CC(CC(C4)C2)C3)cc(C)c1Nc1csc2cc3c(cc12)C(C)(C)CCC3(C)C. The lowest BCUT2D eigenvalue weighted by atomic mass is 9.48. The summed E-state index contributed by atoms with van der Waals surface area (Å²) in [6.45, 7) is 14.4. The van der Waals surface area contributed by atoms with Crippen molar-refractivity contribution in [1.29, 1.82) is 0 Å². The monoisotopic (exact) mass is 497 g/mol. The molecule has 2 aromatic carbocycles. The fraction of sp³-hybridized carbons (Fsp3) is 0.588. The second kappa shape index (κ2) is 7.62. The number of thiophene rings is 1. The van der Waals surface area contributed by atoms with Crippen LogP contribution in [0.2, 0.25) is 0 Å². The maximum absolute atomic E-state index is 3.93. The molecule has 0 aliphatic heterocycles. The lowest BCUT2D eigenvalue weighted by molar-refractivity contribution is -0.00522. The van der Waals surface area contributed by atoms with Gasteiger partial charge in [0.2, 0.25) is 0 Å². The Kier molecular flexibility index (Phi) is 4.94. The highest BCUT2D eigenvalue weighted by atomic mass is 32.1. The number of aryl methyl sites for hydroxylation is 2. The zero-order valence-electron chi connectivity index (χ0n) is 23.2. The minimum absolute atomic E-state index is 0.240. The molecule has 0 saturated heterocycles. The highest BCUT2D eigenvalue weighted by molar-refractivity contribution is 7.17. The fourth-order valence-electron chi connectivity index (χ4n) is 9.25. The summed E-state index contributed by atoms with van der Waals surface area (Å²) in [6, 6.07) is 10.2. The van der Waals surface area contributed by atoms with E-state index in [1.807, 2.05) is 11.3 Å². The molecule has 4 fully saturated rings. The van der Waals surface area contributed by atoms with Crippen molar-refractivity contribution in [3.05, 3.63) is 57.5 Å². The number of nitrogens with one attached hydrogen (secondary N) is 1. The minimum atomic E-state index is 0.240. The summed E-state index contributed by atoms with van der Waals surface area (Å²) in [5, 5.41) is 7.68. The first-order valence-electron chi connectivity index (χ1n) is 14.5. The zero-order chi connectivity index (χ0) is 25.0. The molecule has 190 valence electrons. The first kappa shape index (κ1) is 23.3. The average molecular weight is 498 g/mol. The molecule has 8 rings (SSSR count). The van der Waals surface area contributed by atoms with E-state index in [2.05, 4.69) is 76.5 Å². The summed E-state index contributed by atoms with van der Waals surface area (Å²) in [7, 11) is 0. The number of fused-ring (bicyclic) bond motifs is 2. The fourth-order valence-corrected chi connectivity index (χ4v) is 10.2. The number of hydrogen-bond acceptors (Lipinski definition) is 2. The van der Waals surface area contributed by atoms with E-state index < -0.39 is 0 Å². The van der Waals surface area contributed by atoms with E-state index in [1.54, 1.807) is 16.7 Å². The van der Waals surface area contributed by atoms with Crippen molar-refractivity contribution in [3.63, 3.8) is 0 Å². The van der Waals surface area contributed by atoms with Gasteiger partial charge in [-0.05, 0) is 139 Å². The van der Waals surface area contributed by atoms with Crippen LogP contribution in [0.3, 0.4) is 0 Å². The largest absolute Gasteiger partial charge is 0.354 e. The van der Waals surface area contributed by atoms with Gasteiger partial charge in [0.1, 0.15) is 0 Å². The summed E-state index contributed by atoms with van der Waals surface area (Å²) in [5.74, 6) is 2.98. The van der Waals surface area contributed by atoms with Gasteiger partial charge < -0.3 is 5.32 Å². The Morgan fingerprint density at radius 2 is 1.28 bits per heavy atom. The molecule has 36 heavy (non-hydrogen) atoms. The molecule has 4 bridgehead atoms. The molecule has 0 amide bonds. The predicted octanol–water partition coefficient (Wildman–Crippen LogP) is 10.1. The Morgan fingerprint density at radius 3 is 1.83 bits per heavy atom. The third-order valence-corrected chi connectivity index (χ3v) is 11.9. The van der Waals surface area contributed by atoms with Crippen molar-refractivity contribution < 1.29 is 0 Å². The van der Waals surface area contributed by atoms with Gasteiger partial charge in [0.05, 0.1) is 5.69 Å². The zero-order valence-corrected chi connectivity index (χ0v) is 24.0. The molecule has 1 heterocycles. The van der Waals surface area contributed by atoms with Crippen LogP contribution in [0.1, 0.15) is 107 Å². The Bertz CT molecular complexity index is 1310. The summed E-state index contributed by atoms with van der Waals surface area (Å²) in [6.07, 6.45) is 11.4. The topological polar surface area (TPSA) is 12.0 Å². The maximum atomic E-state index is 3.93. The lowest BCUT2D eigenvalue weighted by Crippen LogP contribution is -2.48. The van der Waals surface area contributed by atoms with E-state index >= 15 is 0 Å². The van der Waals surface area contributed by atoms with Crippen LogP contribution in [0, 0.1) is 31.6 Å². The summed E-state index contributed by atoms with van der Waals surface area (Å²) in [4.78, 5) is 0. The Morgan fingerprint density at radius 1 is 0.750 bits per heavy atom. The second-order valence-electron chi connectivity index (χ2n) is 14.6. The first-order chi connectivity index (χ1) is 17.0. The molecule has 1 aromatic heterocycles. The molecule has 0 atom stereocenters. The molecule has 0 radical (unpaired) electrons. The average Bonchev–Trinajstić information content (AvgIpc) is 3.20. The predicted molar refractivity (Wildman–Crippen MR) is 156 cm³/mol. The van der Waals surface area contributed by atoms with Crippen molar-refractivity contribution in [2.75, 3.05) is 5.32 Å². The molecule has 5 aliphatic rings. The summed E-state index contributed by atoms with van der Waals surface area (Å²) in [5.41, 5.74) is 11.2. The molecular weight excluding hydrogens is 454 g/mol. The van der Waals surface area contributed by atoms with Gasteiger partial charge in [-0.1, -0.05) is 39.8 Å². The van der Waals surface area contributed by atoms with Crippen molar-refractivity contribution >= 4 is 32.8 Å². The van der Waals surface area contributed by atoms with E-state index in [-0.39, 0.29) is 10.8 Å². The van der Waals surface area contributed by atoms with Gasteiger partial charge in [0, 0.05) is 21.2 Å². The highest BCUT2D eigenvalue weighted by Crippen LogP contribution is 2.61. The number of anilines is 2. The number of hydrogen-bond donors (Lipinski definition) is 1. The van der Waals surface area contributed by atoms with Crippen molar-refractivity contribution in [2.45, 2.75) is 109 Å². The normalized spacial score (nSPS) is 31.6. The van der Waals surface area contributed by atoms with E-state index in [9.17, 15) is 0 Å². The van der Waals surface area contributed by atoms with Crippen molar-refractivity contribution in [1.82, 2.24) is 0 Å². The highest BCUT2D eigenvalue weighted by Gasteiger charge is 2.51. The lowest BCUT2D eigenvalue weighted by Gasteiger charge is -2.57. The minimum Gasteiger partial charge on any atom is -0.354 e. The van der Waals surface area contributed by atoms with Crippen molar-refractivity contribution in [2.24, 2.45) is 17.8 Å². The molecule has 1 nitrogen and oxygen atoms in total. The smallest absolute Gasteiger partial charge is 0.0573 e. The van der Waals surface area contributed by atoms with Gasteiger partial charge in [-0.2, -0.15) is 0 Å². The van der Waals surface area contributed by atoms with Gasteiger partial charge in [-0.3, -0.25) is 0 Å². The molecule has 2 heteroatoms.